The highest BCUT2D eigenvalue weighted by Gasteiger charge is 2.50. The molecule has 1 aliphatic carbocycles. The van der Waals surface area contributed by atoms with Gasteiger partial charge in [0.05, 0.1) is 0 Å². The second-order valence-electron chi connectivity index (χ2n) is 7.67. The van der Waals surface area contributed by atoms with Crippen molar-refractivity contribution in [2.75, 3.05) is 13.1 Å². The van der Waals surface area contributed by atoms with Crippen LogP contribution in [-0.4, -0.2) is 13.1 Å². The van der Waals surface area contributed by atoms with Crippen LogP contribution in [0.5, 0.6) is 0 Å². The molecule has 2 atom stereocenters. The van der Waals surface area contributed by atoms with Crippen LogP contribution >= 0.6 is 0 Å². The van der Waals surface area contributed by atoms with Gasteiger partial charge in [-0.2, -0.15) is 0 Å². The highest BCUT2D eigenvalue weighted by molar-refractivity contribution is 5.35. The van der Waals surface area contributed by atoms with Crippen LogP contribution in [0.1, 0.15) is 52.2 Å². The fourth-order valence-electron chi connectivity index (χ4n) is 3.14. The van der Waals surface area contributed by atoms with Gasteiger partial charge >= 0.3 is 0 Å². The van der Waals surface area contributed by atoms with E-state index >= 15 is 0 Å². The Morgan fingerprint density at radius 1 is 1.10 bits per heavy atom. The molecule has 2 rings (SSSR count). The Labute approximate surface area is 125 Å². The standard InChI is InChI=1S/C19H31N/c1-14(2)10-16-6-8-17(9-7-16)19(5)11-18(19)13-20-12-15(3)4/h6-9,14-15,18,20H,10-13H2,1-5H3. The Kier molecular flexibility index (Phi) is 4.90. The molecule has 20 heavy (non-hydrogen) atoms. The van der Waals surface area contributed by atoms with Gasteiger partial charge in [0.1, 0.15) is 0 Å². The third-order valence-corrected chi connectivity index (χ3v) is 4.61. The molecule has 0 saturated heterocycles. The van der Waals surface area contributed by atoms with Crippen molar-refractivity contribution in [1.82, 2.24) is 5.32 Å². The largest absolute Gasteiger partial charge is 0.316 e. The lowest BCUT2D eigenvalue weighted by Gasteiger charge is -2.14. The molecule has 1 aliphatic rings. The van der Waals surface area contributed by atoms with Crippen LogP contribution in [-0.2, 0) is 11.8 Å². The van der Waals surface area contributed by atoms with Crippen LogP contribution in [0.3, 0.4) is 0 Å². The average molecular weight is 273 g/mol. The Morgan fingerprint density at radius 2 is 1.75 bits per heavy atom. The zero-order valence-corrected chi connectivity index (χ0v) is 13.9. The fraction of sp³-hybridized carbons (Fsp3) is 0.684. The van der Waals surface area contributed by atoms with Crippen molar-refractivity contribution in [2.24, 2.45) is 17.8 Å². The second kappa shape index (κ2) is 6.30. The summed E-state index contributed by atoms with van der Waals surface area (Å²) in [4.78, 5) is 0. The summed E-state index contributed by atoms with van der Waals surface area (Å²) < 4.78 is 0. The van der Waals surface area contributed by atoms with E-state index in [4.69, 9.17) is 0 Å². The van der Waals surface area contributed by atoms with E-state index in [0.29, 0.717) is 5.41 Å². The van der Waals surface area contributed by atoms with E-state index in [0.717, 1.165) is 24.3 Å². The maximum absolute atomic E-state index is 3.61. The van der Waals surface area contributed by atoms with E-state index in [2.05, 4.69) is 64.2 Å². The third-order valence-electron chi connectivity index (χ3n) is 4.61. The molecule has 0 bridgehead atoms. The minimum Gasteiger partial charge on any atom is -0.316 e. The molecule has 1 heteroatoms. The highest BCUT2D eigenvalue weighted by Crippen LogP contribution is 2.53. The van der Waals surface area contributed by atoms with Crippen LogP contribution < -0.4 is 5.32 Å². The molecule has 1 nitrogen and oxygen atoms in total. The first-order chi connectivity index (χ1) is 9.41. The van der Waals surface area contributed by atoms with Gasteiger partial charge < -0.3 is 5.32 Å². The predicted molar refractivity (Wildman–Crippen MR) is 88.2 cm³/mol. The Morgan fingerprint density at radius 3 is 2.30 bits per heavy atom. The minimum absolute atomic E-state index is 0.417. The summed E-state index contributed by atoms with van der Waals surface area (Å²) in [6.07, 6.45) is 2.53. The average Bonchev–Trinajstić information content (AvgIpc) is 3.01. The monoisotopic (exact) mass is 273 g/mol. The Balaban J connectivity index is 1.88. The minimum atomic E-state index is 0.417. The van der Waals surface area contributed by atoms with Crippen LogP contribution in [0.2, 0.25) is 0 Å². The van der Waals surface area contributed by atoms with Crippen molar-refractivity contribution < 1.29 is 0 Å². The maximum Gasteiger partial charge on any atom is -0.00117 e. The number of benzene rings is 1. The quantitative estimate of drug-likeness (QED) is 0.776. The molecule has 1 aromatic carbocycles. The molecule has 0 heterocycles. The van der Waals surface area contributed by atoms with E-state index in [-0.39, 0.29) is 0 Å². The third kappa shape index (κ3) is 3.85. The smallest absolute Gasteiger partial charge is 0.00117 e. The summed E-state index contributed by atoms with van der Waals surface area (Å²) >= 11 is 0. The van der Waals surface area contributed by atoms with E-state index < -0.39 is 0 Å². The lowest BCUT2D eigenvalue weighted by molar-refractivity contribution is 0.515. The molecule has 1 saturated carbocycles. The summed E-state index contributed by atoms with van der Waals surface area (Å²) in [5, 5.41) is 3.61. The van der Waals surface area contributed by atoms with Crippen molar-refractivity contribution in [2.45, 2.75) is 52.9 Å². The Hall–Kier alpha value is -0.820. The number of rotatable bonds is 7. The Bertz CT molecular complexity index is 418. The molecule has 0 spiro atoms. The fourth-order valence-corrected chi connectivity index (χ4v) is 3.14. The van der Waals surface area contributed by atoms with Crippen LogP contribution in [0, 0.1) is 17.8 Å². The first-order valence-electron chi connectivity index (χ1n) is 8.22. The first kappa shape index (κ1) is 15.6. The lowest BCUT2D eigenvalue weighted by Crippen LogP contribution is -2.24. The zero-order chi connectivity index (χ0) is 14.8. The number of nitrogens with one attached hydrogen (secondary N) is 1. The van der Waals surface area contributed by atoms with E-state index in [1.807, 2.05) is 0 Å². The van der Waals surface area contributed by atoms with E-state index in [9.17, 15) is 0 Å². The summed E-state index contributed by atoms with van der Waals surface area (Å²) in [6.45, 7) is 13.8. The predicted octanol–water partition coefficient (Wildman–Crippen LogP) is 4.41. The van der Waals surface area contributed by atoms with Crippen molar-refractivity contribution in [3.8, 4) is 0 Å². The van der Waals surface area contributed by atoms with Gasteiger partial charge in [-0.3, -0.25) is 0 Å². The lowest BCUT2D eigenvalue weighted by atomic mass is 9.93. The van der Waals surface area contributed by atoms with Gasteiger partial charge in [-0.15, -0.1) is 0 Å². The van der Waals surface area contributed by atoms with Gasteiger partial charge in [0.15, 0.2) is 0 Å². The first-order valence-corrected chi connectivity index (χ1v) is 8.22. The van der Waals surface area contributed by atoms with Crippen LogP contribution in [0.4, 0.5) is 0 Å². The summed E-state index contributed by atoms with van der Waals surface area (Å²) in [7, 11) is 0. The van der Waals surface area contributed by atoms with Crippen molar-refractivity contribution >= 4 is 0 Å². The molecule has 2 unspecified atom stereocenters. The zero-order valence-electron chi connectivity index (χ0n) is 13.9. The van der Waals surface area contributed by atoms with Gasteiger partial charge in [0, 0.05) is 0 Å². The number of hydrogen-bond acceptors (Lipinski definition) is 1. The van der Waals surface area contributed by atoms with Crippen LogP contribution in [0.25, 0.3) is 0 Å². The van der Waals surface area contributed by atoms with Gasteiger partial charge in [-0.05, 0) is 60.2 Å². The van der Waals surface area contributed by atoms with Crippen molar-refractivity contribution in [3.05, 3.63) is 35.4 Å². The van der Waals surface area contributed by atoms with Crippen LogP contribution in [0.15, 0.2) is 24.3 Å². The molecule has 112 valence electrons. The molecule has 1 fully saturated rings. The molecular weight excluding hydrogens is 242 g/mol. The summed E-state index contributed by atoms with van der Waals surface area (Å²) in [5.74, 6) is 2.30. The maximum atomic E-state index is 3.61. The highest BCUT2D eigenvalue weighted by atomic mass is 14.9. The SMILES string of the molecule is CC(C)CNCC1CC1(C)c1ccc(CC(C)C)cc1. The summed E-state index contributed by atoms with van der Waals surface area (Å²) in [5.41, 5.74) is 3.42. The van der Waals surface area contributed by atoms with E-state index in [1.54, 1.807) is 0 Å². The van der Waals surface area contributed by atoms with E-state index in [1.165, 1.54) is 30.5 Å². The second-order valence-corrected chi connectivity index (χ2v) is 7.67. The molecule has 0 aromatic heterocycles. The molecule has 0 radical (unpaired) electrons. The van der Waals surface area contributed by atoms with Gasteiger partial charge in [0.2, 0.25) is 0 Å². The van der Waals surface area contributed by atoms with Gasteiger partial charge in [-0.1, -0.05) is 58.9 Å². The van der Waals surface area contributed by atoms with Gasteiger partial charge in [-0.25, -0.2) is 0 Å². The normalized spacial score (nSPS) is 25.4. The molecule has 1 aromatic rings. The van der Waals surface area contributed by atoms with Gasteiger partial charge in [0.25, 0.3) is 0 Å². The molecular formula is C19H31N. The molecule has 1 N–H and O–H groups in total. The topological polar surface area (TPSA) is 12.0 Å². The summed E-state index contributed by atoms with van der Waals surface area (Å²) in [6, 6.07) is 9.38. The van der Waals surface area contributed by atoms with Crippen molar-refractivity contribution in [3.63, 3.8) is 0 Å². The molecule has 0 aliphatic heterocycles. The number of hydrogen-bond donors (Lipinski definition) is 1. The van der Waals surface area contributed by atoms with Crippen molar-refractivity contribution in [1.29, 1.82) is 0 Å². The molecule has 0 amide bonds.